The summed E-state index contributed by atoms with van der Waals surface area (Å²) in [6.07, 6.45) is 1.15. The number of benzene rings is 2. The molecule has 1 atom stereocenters. The number of nitrogens with one attached hydrogen (secondary N) is 2. The zero-order chi connectivity index (χ0) is 20.5. The van der Waals surface area contributed by atoms with Crippen LogP contribution in [-0.4, -0.2) is 52.9 Å². The van der Waals surface area contributed by atoms with Gasteiger partial charge < -0.3 is 25.0 Å². The smallest absolute Gasteiger partial charge is 0.191 e. The van der Waals surface area contributed by atoms with E-state index in [-0.39, 0.29) is 0 Å². The molecule has 1 saturated heterocycles. The van der Waals surface area contributed by atoms with Crippen molar-refractivity contribution in [2.24, 2.45) is 10.9 Å². The summed E-state index contributed by atoms with van der Waals surface area (Å²) in [5.74, 6) is 3.21. The van der Waals surface area contributed by atoms with Crippen molar-refractivity contribution in [3.05, 3.63) is 54.1 Å². The molecule has 156 valence electrons. The average molecular weight is 397 g/mol. The van der Waals surface area contributed by atoms with Crippen LogP contribution in [0.1, 0.15) is 12.0 Å². The Hall–Kier alpha value is -2.89. The lowest BCUT2D eigenvalue weighted by atomic mass is 10.1. The monoisotopic (exact) mass is 396 g/mol. The molecule has 2 N–H and O–H groups in total. The van der Waals surface area contributed by atoms with E-state index in [1.807, 2.05) is 24.3 Å². The molecule has 0 aromatic heterocycles. The first-order chi connectivity index (χ1) is 14.2. The third-order valence-electron chi connectivity index (χ3n) is 5.18. The molecule has 0 aliphatic carbocycles. The Balaban J connectivity index is 1.38. The van der Waals surface area contributed by atoms with E-state index in [2.05, 4.69) is 51.7 Å². The van der Waals surface area contributed by atoms with Crippen molar-refractivity contribution in [3.63, 3.8) is 0 Å². The number of rotatable bonds is 8. The summed E-state index contributed by atoms with van der Waals surface area (Å²) in [4.78, 5) is 6.71. The number of guanidine groups is 1. The highest BCUT2D eigenvalue weighted by Crippen LogP contribution is 2.31. The van der Waals surface area contributed by atoms with Gasteiger partial charge in [-0.15, -0.1) is 0 Å². The summed E-state index contributed by atoms with van der Waals surface area (Å²) >= 11 is 0. The molecule has 1 aliphatic rings. The molecule has 0 bridgehead atoms. The number of para-hydroxylation sites is 2. The van der Waals surface area contributed by atoms with E-state index in [0.717, 1.165) is 43.5 Å². The third-order valence-corrected chi connectivity index (χ3v) is 5.18. The number of nitrogens with zero attached hydrogens (tertiary/aromatic N) is 2. The SMILES string of the molecule is CN=C(NCCOc1ccc(C)cc1)NCC1CCN(c2ccccc2OC)C1. The Morgan fingerprint density at radius 1 is 1.14 bits per heavy atom. The summed E-state index contributed by atoms with van der Waals surface area (Å²) in [6.45, 7) is 6.31. The Morgan fingerprint density at radius 2 is 1.93 bits per heavy atom. The first-order valence-corrected chi connectivity index (χ1v) is 10.2. The zero-order valence-electron chi connectivity index (χ0n) is 17.6. The molecule has 2 aromatic rings. The molecule has 29 heavy (non-hydrogen) atoms. The summed E-state index contributed by atoms with van der Waals surface area (Å²) in [6, 6.07) is 16.3. The maximum Gasteiger partial charge on any atom is 0.191 e. The first-order valence-electron chi connectivity index (χ1n) is 10.2. The van der Waals surface area contributed by atoms with Crippen LogP contribution in [0.25, 0.3) is 0 Å². The van der Waals surface area contributed by atoms with Gasteiger partial charge in [-0.3, -0.25) is 4.99 Å². The number of hydrogen-bond acceptors (Lipinski definition) is 4. The van der Waals surface area contributed by atoms with Gasteiger partial charge in [-0.05, 0) is 43.5 Å². The van der Waals surface area contributed by atoms with Gasteiger partial charge in [0.1, 0.15) is 18.1 Å². The number of hydrogen-bond donors (Lipinski definition) is 2. The van der Waals surface area contributed by atoms with Crippen molar-refractivity contribution in [1.82, 2.24) is 10.6 Å². The molecule has 2 aromatic carbocycles. The zero-order valence-corrected chi connectivity index (χ0v) is 17.6. The molecular formula is C23H32N4O2. The van der Waals surface area contributed by atoms with E-state index >= 15 is 0 Å². The van der Waals surface area contributed by atoms with Crippen LogP contribution in [0, 0.1) is 12.8 Å². The number of ether oxygens (including phenoxy) is 2. The highest BCUT2D eigenvalue weighted by molar-refractivity contribution is 5.79. The second-order valence-electron chi connectivity index (χ2n) is 7.31. The topological polar surface area (TPSA) is 58.1 Å². The van der Waals surface area contributed by atoms with E-state index in [1.54, 1.807) is 14.2 Å². The lowest BCUT2D eigenvalue weighted by Gasteiger charge is -2.21. The summed E-state index contributed by atoms with van der Waals surface area (Å²) in [5, 5.41) is 6.76. The second-order valence-corrected chi connectivity index (χ2v) is 7.31. The van der Waals surface area contributed by atoms with Gasteiger partial charge in [-0.2, -0.15) is 0 Å². The van der Waals surface area contributed by atoms with Crippen LogP contribution < -0.4 is 25.0 Å². The van der Waals surface area contributed by atoms with Crippen LogP contribution in [0.15, 0.2) is 53.5 Å². The van der Waals surface area contributed by atoms with Crippen LogP contribution in [0.4, 0.5) is 5.69 Å². The maximum absolute atomic E-state index is 5.75. The van der Waals surface area contributed by atoms with Crippen LogP contribution in [0.5, 0.6) is 11.5 Å². The van der Waals surface area contributed by atoms with Crippen molar-refractivity contribution >= 4 is 11.6 Å². The fraction of sp³-hybridized carbons (Fsp3) is 0.435. The van der Waals surface area contributed by atoms with Crippen molar-refractivity contribution in [2.45, 2.75) is 13.3 Å². The minimum absolute atomic E-state index is 0.572. The average Bonchev–Trinajstić information content (AvgIpc) is 3.23. The van der Waals surface area contributed by atoms with Gasteiger partial charge in [0.25, 0.3) is 0 Å². The molecule has 1 fully saturated rings. The fourth-order valence-electron chi connectivity index (χ4n) is 3.54. The quantitative estimate of drug-likeness (QED) is 0.408. The van der Waals surface area contributed by atoms with Crippen LogP contribution in [-0.2, 0) is 0 Å². The predicted octanol–water partition coefficient (Wildman–Crippen LogP) is 3.07. The minimum Gasteiger partial charge on any atom is -0.495 e. The van der Waals surface area contributed by atoms with Crippen LogP contribution >= 0.6 is 0 Å². The molecule has 0 saturated carbocycles. The summed E-state index contributed by atoms with van der Waals surface area (Å²) in [7, 11) is 3.53. The molecule has 0 spiro atoms. The van der Waals surface area contributed by atoms with Gasteiger partial charge in [-0.1, -0.05) is 29.8 Å². The Kier molecular flexibility index (Phi) is 7.61. The summed E-state index contributed by atoms with van der Waals surface area (Å²) < 4.78 is 11.3. The van der Waals surface area contributed by atoms with E-state index in [1.165, 1.54) is 11.3 Å². The van der Waals surface area contributed by atoms with Crippen molar-refractivity contribution in [3.8, 4) is 11.5 Å². The van der Waals surface area contributed by atoms with Crippen molar-refractivity contribution in [1.29, 1.82) is 0 Å². The molecule has 1 heterocycles. The molecule has 6 nitrogen and oxygen atoms in total. The molecule has 3 rings (SSSR count). The maximum atomic E-state index is 5.75. The van der Waals surface area contributed by atoms with Gasteiger partial charge in [-0.25, -0.2) is 0 Å². The lowest BCUT2D eigenvalue weighted by molar-refractivity contribution is 0.321. The molecule has 1 unspecified atom stereocenters. The van der Waals surface area contributed by atoms with Crippen LogP contribution in [0.2, 0.25) is 0 Å². The van der Waals surface area contributed by atoms with Crippen molar-refractivity contribution in [2.75, 3.05) is 51.8 Å². The van der Waals surface area contributed by atoms with Gasteiger partial charge in [0.2, 0.25) is 0 Å². The van der Waals surface area contributed by atoms with Gasteiger partial charge in [0, 0.05) is 26.7 Å². The Labute approximate surface area is 173 Å². The largest absolute Gasteiger partial charge is 0.495 e. The highest BCUT2D eigenvalue weighted by atomic mass is 16.5. The summed E-state index contributed by atoms with van der Waals surface area (Å²) in [5.41, 5.74) is 2.41. The molecule has 6 heteroatoms. The molecule has 0 radical (unpaired) electrons. The second kappa shape index (κ2) is 10.6. The number of methoxy groups -OCH3 is 1. The number of aliphatic imine (C=N–C) groups is 1. The van der Waals surface area contributed by atoms with Gasteiger partial charge >= 0.3 is 0 Å². The molecule has 1 aliphatic heterocycles. The van der Waals surface area contributed by atoms with E-state index < -0.39 is 0 Å². The normalized spacial score (nSPS) is 16.6. The van der Waals surface area contributed by atoms with Gasteiger partial charge in [0.05, 0.1) is 19.3 Å². The van der Waals surface area contributed by atoms with E-state index in [9.17, 15) is 0 Å². The van der Waals surface area contributed by atoms with Crippen LogP contribution in [0.3, 0.4) is 0 Å². The lowest BCUT2D eigenvalue weighted by Crippen LogP contribution is -2.41. The first kappa shape index (κ1) is 20.8. The molecule has 0 amide bonds. The Morgan fingerprint density at radius 3 is 2.69 bits per heavy atom. The third kappa shape index (κ3) is 6.04. The number of anilines is 1. The molecular weight excluding hydrogens is 364 g/mol. The predicted molar refractivity (Wildman–Crippen MR) is 119 cm³/mol. The standard InChI is InChI=1S/C23H32N4O2/c1-18-8-10-20(11-9-18)29-15-13-25-23(24-2)26-16-19-12-14-27(17-19)21-6-4-5-7-22(21)28-3/h4-11,19H,12-17H2,1-3H3,(H2,24,25,26). The van der Waals surface area contributed by atoms with E-state index in [4.69, 9.17) is 9.47 Å². The fourth-order valence-corrected chi connectivity index (χ4v) is 3.54. The highest BCUT2D eigenvalue weighted by Gasteiger charge is 2.24. The minimum atomic E-state index is 0.572. The van der Waals surface area contributed by atoms with Crippen molar-refractivity contribution < 1.29 is 9.47 Å². The number of aryl methyl sites for hydroxylation is 1. The van der Waals surface area contributed by atoms with E-state index in [0.29, 0.717) is 19.1 Å². The Bertz CT molecular complexity index is 792. The van der Waals surface area contributed by atoms with Gasteiger partial charge in [0.15, 0.2) is 5.96 Å².